The van der Waals surface area contributed by atoms with Gasteiger partial charge in [0.05, 0.1) is 39.9 Å². The first-order valence-electron chi connectivity index (χ1n) is 37.3. The molecule has 0 rings (SSSR count). The van der Waals surface area contributed by atoms with Gasteiger partial charge in [0.2, 0.25) is 5.91 Å². The molecule has 0 aliphatic heterocycles. The molecule has 8 nitrogen and oxygen atoms in total. The van der Waals surface area contributed by atoms with Gasteiger partial charge in [0.25, 0.3) is 7.82 Å². The van der Waals surface area contributed by atoms with E-state index in [0.29, 0.717) is 17.4 Å². The predicted molar refractivity (Wildman–Crippen MR) is 376 cm³/mol. The molecule has 0 aromatic heterocycles. The quantitative estimate of drug-likeness (QED) is 0.0272. The summed E-state index contributed by atoms with van der Waals surface area (Å²) in [5.74, 6) is -0.191. The van der Waals surface area contributed by atoms with E-state index in [1.54, 1.807) is 6.08 Å². The number of nitrogens with one attached hydrogen (secondary N) is 1. The lowest BCUT2D eigenvalue weighted by Crippen LogP contribution is -2.45. The minimum absolute atomic E-state index is 0.0000641. The number of aliphatic hydroxyl groups is 1. The lowest BCUT2D eigenvalue weighted by molar-refractivity contribution is -0.870. The SMILES string of the molecule is CC/C=C\C/C=C\C/C=C\C/C=C\C/C=C\CCCCCCCCCCCCCCCCCCCCCCCCCC(=O)NC(COP(=O)([O-])OCC[N+](C)(C)C)C(O)/C=C/CCCCCCCCCCCCCCCCCCCCCCCCC. The first kappa shape index (κ1) is 83.9. The Labute approximate surface area is 535 Å². The third-order valence-corrected chi connectivity index (χ3v) is 17.9. The predicted octanol–water partition coefficient (Wildman–Crippen LogP) is 23.5. The topological polar surface area (TPSA) is 108 Å². The van der Waals surface area contributed by atoms with Gasteiger partial charge < -0.3 is 28.8 Å². The molecular weight excluding hydrogens is 1080 g/mol. The van der Waals surface area contributed by atoms with Gasteiger partial charge in [0.15, 0.2) is 0 Å². The van der Waals surface area contributed by atoms with Crippen LogP contribution in [0.3, 0.4) is 0 Å². The van der Waals surface area contributed by atoms with E-state index >= 15 is 0 Å². The van der Waals surface area contributed by atoms with Gasteiger partial charge in [-0.15, -0.1) is 0 Å². The Balaban J connectivity index is 3.96. The fraction of sp³-hybridized carbons (Fsp3) is 0.831. The van der Waals surface area contributed by atoms with Gasteiger partial charge in [-0.3, -0.25) is 9.36 Å². The van der Waals surface area contributed by atoms with E-state index in [9.17, 15) is 19.4 Å². The van der Waals surface area contributed by atoms with E-state index in [2.05, 4.69) is 79.9 Å². The van der Waals surface area contributed by atoms with Crippen molar-refractivity contribution in [3.63, 3.8) is 0 Å². The first-order chi connectivity index (χ1) is 42.0. The summed E-state index contributed by atoms with van der Waals surface area (Å²) in [6, 6.07) is -0.888. The van der Waals surface area contributed by atoms with Crippen LogP contribution < -0.4 is 10.2 Å². The number of nitrogens with zero attached hydrogens (tertiary/aromatic N) is 1. The summed E-state index contributed by atoms with van der Waals surface area (Å²) in [4.78, 5) is 25.7. The molecule has 86 heavy (non-hydrogen) atoms. The smallest absolute Gasteiger partial charge is 0.268 e. The Morgan fingerprint density at radius 1 is 0.419 bits per heavy atom. The molecule has 0 saturated heterocycles. The molecule has 3 unspecified atom stereocenters. The van der Waals surface area contributed by atoms with Crippen molar-refractivity contribution in [1.82, 2.24) is 5.32 Å². The first-order valence-corrected chi connectivity index (χ1v) is 38.8. The van der Waals surface area contributed by atoms with Crippen molar-refractivity contribution in [3.05, 3.63) is 72.9 Å². The molecule has 0 aliphatic carbocycles. The molecule has 3 atom stereocenters. The largest absolute Gasteiger partial charge is 0.756 e. The monoisotopic (exact) mass is 1230 g/mol. The Morgan fingerprint density at radius 3 is 1.03 bits per heavy atom. The number of quaternary nitrogens is 1. The van der Waals surface area contributed by atoms with E-state index in [-0.39, 0.29) is 19.1 Å². The lowest BCUT2D eigenvalue weighted by atomic mass is 10.0. The second-order valence-corrected chi connectivity index (χ2v) is 28.0. The second kappa shape index (κ2) is 67.3. The highest BCUT2D eigenvalue weighted by Crippen LogP contribution is 2.38. The number of aliphatic hydroxyl groups excluding tert-OH is 1. The average Bonchev–Trinajstić information content (AvgIpc) is 3.70. The second-order valence-electron chi connectivity index (χ2n) is 26.6. The molecule has 0 fully saturated rings. The van der Waals surface area contributed by atoms with Crippen molar-refractivity contribution < 1.29 is 32.9 Å². The van der Waals surface area contributed by atoms with Crippen LogP contribution >= 0.6 is 7.82 Å². The van der Waals surface area contributed by atoms with Crippen molar-refractivity contribution in [3.8, 4) is 0 Å². The van der Waals surface area contributed by atoms with Crippen molar-refractivity contribution in [2.75, 3.05) is 40.9 Å². The summed E-state index contributed by atoms with van der Waals surface area (Å²) in [5.41, 5.74) is 0. The summed E-state index contributed by atoms with van der Waals surface area (Å²) in [5, 5.41) is 14.0. The maximum absolute atomic E-state index is 13.1. The van der Waals surface area contributed by atoms with Gasteiger partial charge in [0, 0.05) is 6.42 Å². The van der Waals surface area contributed by atoms with E-state index in [4.69, 9.17) is 9.05 Å². The molecular formula is C77H145N2O6P. The van der Waals surface area contributed by atoms with Crippen LogP contribution in [0.5, 0.6) is 0 Å². The van der Waals surface area contributed by atoms with Crippen molar-refractivity contribution in [2.45, 2.75) is 373 Å². The van der Waals surface area contributed by atoms with Gasteiger partial charge in [-0.2, -0.15) is 0 Å². The summed E-state index contributed by atoms with van der Waals surface area (Å²) < 4.78 is 23.5. The molecule has 0 bridgehead atoms. The molecule has 0 aromatic rings. The number of unbranched alkanes of at least 4 members (excludes halogenated alkanes) is 46. The Kier molecular flexibility index (Phi) is 65.7. The molecule has 0 aliphatic rings. The normalized spacial score (nSPS) is 14.0. The molecule has 504 valence electrons. The van der Waals surface area contributed by atoms with Crippen LogP contribution in [0.15, 0.2) is 72.9 Å². The molecule has 0 saturated carbocycles. The maximum atomic E-state index is 13.1. The van der Waals surface area contributed by atoms with Crippen molar-refractivity contribution >= 4 is 13.7 Å². The highest BCUT2D eigenvalue weighted by Gasteiger charge is 2.23. The number of allylic oxidation sites excluding steroid dienone is 11. The van der Waals surface area contributed by atoms with E-state index < -0.39 is 20.0 Å². The number of amides is 1. The zero-order chi connectivity index (χ0) is 62.6. The number of hydrogen-bond donors (Lipinski definition) is 2. The fourth-order valence-corrected chi connectivity index (χ4v) is 11.9. The standard InChI is InChI=1S/C77H145N2O6P/c1-6-8-10-12-14-16-18-20-22-24-26-28-30-32-33-34-35-36-37-38-39-40-41-42-43-44-45-47-49-51-53-55-57-59-61-63-65-67-69-71-77(81)78-75(74-85-86(82,83)84-73-72-79(3,4)5)76(80)70-68-66-64-62-60-58-56-54-52-50-48-46-31-29-27-25-23-21-19-17-15-13-11-9-7-2/h8,10,14,16,20,22,26,28,32-33,68,70,75-76,80H,6-7,9,11-13,15,17-19,21,23-25,27,29-31,34-67,69,71-74H2,1-5H3,(H-,78,81,82,83)/b10-8-,16-14-,22-20-,28-26-,33-32-,70-68+. The molecule has 0 spiro atoms. The number of phosphoric acid groups is 1. The molecule has 1 amide bonds. The zero-order valence-electron chi connectivity index (χ0n) is 57.8. The van der Waals surface area contributed by atoms with Crippen LogP contribution in [-0.2, 0) is 18.4 Å². The number of likely N-dealkylation sites (N-methyl/N-ethyl adjacent to an activating group) is 1. The van der Waals surface area contributed by atoms with Crippen LogP contribution in [0.4, 0.5) is 0 Å². The summed E-state index contributed by atoms with van der Waals surface area (Å²) in [6.07, 6.45) is 94.7. The van der Waals surface area contributed by atoms with Gasteiger partial charge >= 0.3 is 0 Å². The van der Waals surface area contributed by atoms with Crippen molar-refractivity contribution in [1.29, 1.82) is 0 Å². The third kappa shape index (κ3) is 69.4. The number of phosphoric ester groups is 1. The third-order valence-electron chi connectivity index (χ3n) is 16.9. The van der Waals surface area contributed by atoms with Crippen molar-refractivity contribution in [2.24, 2.45) is 0 Å². The zero-order valence-corrected chi connectivity index (χ0v) is 58.7. The highest BCUT2D eigenvalue weighted by molar-refractivity contribution is 7.45. The van der Waals surface area contributed by atoms with Crippen LogP contribution in [0, 0.1) is 0 Å². The van der Waals surface area contributed by atoms with Gasteiger partial charge in [-0.1, -0.05) is 363 Å². The number of rotatable bonds is 69. The fourth-order valence-electron chi connectivity index (χ4n) is 11.2. The number of hydrogen-bond acceptors (Lipinski definition) is 6. The highest BCUT2D eigenvalue weighted by atomic mass is 31.2. The van der Waals surface area contributed by atoms with Gasteiger partial charge in [-0.25, -0.2) is 0 Å². The van der Waals surface area contributed by atoms with E-state index in [1.807, 2.05) is 27.2 Å². The van der Waals surface area contributed by atoms with Gasteiger partial charge in [-0.05, 0) is 64.2 Å². The average molecular weight is 1230 g/mol. The number of carbonyl (C=O) groups excluding carboxylic acids is 1. The van der Waals surface area contributed by atoms with E-state index in [0.717, 1.165) is 70.6 Å². The Hall–Kier alpha value is -2.06. The maximum Gasteiger partial charge on any atom is 0.268 e. The molecule has 0 aromatic carbocycles. The minimum Gasteiger partial charge on any atom is -0.756 e. The summed E-state index contributed by atoms with van der Waals surface area (Å²) in [6.45, 7) is 4.59. The lowest BCUT2D eigenvalue weighted by Gasteiger charge is -2.29. The molecule has 9 heteroatoms. The van der Waals surface area contributed by atoms with Gasteiger partial charge in [0.1, 0.15) is 13.2 Å². The van der Waals surface area contributed by atoms with E-state index in [1.165, 1.54) is 270 Å². The Bertz CT molecular complexity index is 1630. The molecule has 0 heterocycles. The molecule has 2 N–H and O–H groups in total. The van der Waals surface area contributed by atoms with Crippen LogP contribution in [0.2, 0.25) is 0 Å². The van der Waals surface area contributed by atoms with Crippen LogP contribution in [0.1, 0.15) is 361 Å². The summed E-state index contributed by atoms with van der Waals surface area (Å²) >= 11 is 0. The number of carbonyl (C=O) groups is 1. The minimum atomic E-state index is -4.61. The van der Waals surface area contributed by atoms with Crippen LogP contribution in [-0.4, -0.2) is 68.5 Å². The summed E-state index contributed by atoms with van der Waals surface area (Å²) in [7, 11) is 1.28. The Morgan fingerprint density at radius 2 is 0.709 bits per heavy atom. The van der Waals surface area contributed by atoms with Crippen LogP contribution in [0.25, 0.3) is 0 Å². The molecule has 0 radical (unpaired) electrons.